The fourth-order valence-electron chi connectivity index (χ4n) is 4.09. The van der Waals surface area contributed by atoms with Gasteiger partial charge in [-0.1, -0.05) is 103 Å². The third-order valence-corrected chi connectivity index (χ3v) is 9.88. The molecule has 0 radical (unpaired) electrons. The molecule has 0 saturated carbocycles. The summed E-state index contributed by atoms with van der Waals surface area (Å²) in [5, 5.41) is 2.94. The summed E-state index contributed by atoms with van der Waals surface area (Å²) in [7, 11) is -1.67. The molecule has 4 aromatic carbocycles. The van der Waals surface area contributed by atoms with Gasteiger partial charge in [-0.2, -0.15) is 0 Å². The van der Waals surface area contributed by atoms with Crippen molar-refractivity contribution in [3.05, 3.63) is 138 Å². The Morgan fingerprint density at radius 1 is 0.633 bits per heavy atom. The van der Waals surface area contributed by atoms with E-state index in [0.29, 0.717) is 0 Å². The first-order valence-electron chi connectivity index (χ1n) is 10.5. The van der Waals surface area contributed by atoms with Crippen LogP contribution in [-0.2, 0) is 6.16 Å². The molecule has 0 N–H and O–H groups in total. The maximum absolute atomic E-state index is 2.39. The molecule has 4 aromatic rings. The highest BCUT2D eigenvalue weighted by Crippen LogP contribution is 2.59. The Labute approximate surface area is 181 Å². The number of allylic oxidation sites excluding steroid dienone is 1. The van der Waals surface area contributed by atoms with E-state index in [4.69, 9.17) is 0 Å². The summed E-state index contributed by atoms with van der Waals surface area (Å²) in [6.45, 7) is 2.18. The molecule has 30 heavy (non-hydrogen) atoms. The largest absolute Gasteiger partial charge is 0.0998 e. The standard InChI is InChI=1S/C29H28P/c1-25-13-11-16-27(23-25)24-30(28-18-7-3-8-19-28,29-20-9-4-10-21-29)22-12-17-26-14-5-2-6-15-26/h2-21,23H,22,24H2,1H3/q+1. The molecule has 0 aromatic heterocycles. The van der Waals surface area contributed by atoms with Gasteiger partial charge in [-0.05, 0) is 48.4 Å². The highest BCUT2D eigenvalue weighted by atomic mass is 31.2. The first-order chi connectivity index (χ1) is 14.8. The molecule has 0 aliphatic heterocycles. The van der Waals surface area contributed by atoms with Crippen molar-refractivity contribution in [1.29, 1.82) is 0 Å². The average molecular weight is 408 g/mol. The Kier molecular flexibility index (Phi) is 6.57. The van der Waals surface area contributed by atoms with Gasteiger partial charge in [0, 0.05) is 0 Å². The van der Waals surface area contributed by atoms with Crippen LogP contribution in [-0.4, -0.2) is 6.16 Å². The van der Waals surface area contributed by atoms with E-state index in [0.717, 1.165) is 12.3 Å². The second-order valence-electron chi connectivity index (χ2n) is 7.78. The Morgan fingerprint density at radius 2 is 1.20 bits per heavy atom. The minimum absolute atomic E-state index is 1.05. The summed E-state index contributed by atoms with van der Waals surface area (Å²) < 4.78 is 0. The third-order valence-electron chi connectivity index (χ3n) is 5.56. The zero-order chi connectivity index (χ0) is 20.7. The average Bonchev–Trinajstić information content (AvgIpc) is 2.80. The van der Waals surface area contributed by atoms with Gasteiger partial charge in [0.2, 0.25) is 0 Å². The lowest BCUT2D eigenvalue weighted by Crippen LogP contribution is -2.26. The van der Waals surface area contributed by atoms with Crippen LogP contribution in [0.5, 0.6) is 0 Å². The molecule has 0 saturated heterocycles. The van der Waals surface area contributed by atoms with Crippen LogP contribution >= 0.6 is 7.26 Å². The van der Waals surface area contributed by atoms with Crippen LogP contribution in [0.25, 0.3) is 6.08 Å². The van der Waals surface area contributed by atoms with E-state index in [1.165, 1.54) is 27.3 Å². The van der Waals surface area contributed by atoms with Crippen molar-refractivity contribution >= 4 is 23.9 Å². The van der Waals surface area contributed by atoms with E-state index >= 15 is 0 Å². The Balaban J connectivity index is 1.81. The van der Waals surface area contributed by atoms with Gasteiger partial charge in [0.1, 0.15) is 0 Å². The fourth-order valence-corrected chi connectivity index (χ4v) is 8.07. The molecule has 0 fully saturated rings. The summed E-state index contributed by atoms with van der Waals surface area (Å²) in [4.78, 5) is 0. The number of hydrogen-bond donors (Lipinski definition) is 0. The first-order valence-corrected chi connectivity index (χ1v) is 12.7. The third kappa shape index (κ3) is 4.78. The molecule has 0 unspecified atom stereocenters. The van der Waals surface area contributed by atoms with E-state index in [-0.39, 0.29) is 0 Å². The van der Waals surface area contributed by atoms with Crippen LogP contribution in [0.4, 0.5) is 0 Å². The number of benzene rings is 4. The number of hydrogen-bond acceptors (Lipinski definition) is 0. The van der Waals surface area contributed by atoms with Gasteiger partial charge >= 0.3 is 0 Å². The SMILES string of the molecule is Cc1cccc(C[P+](CC=Cc2ccccc2)(c2ccccc2)c2ccccc2)c1. The minimum atomic E-state index is -1.67. The molecule has 0 heterocycles. The highest BCUT2D eigenvalue weighted by molar-refractivity contribution is 7.89. The summed E-state index contributed by atoms with van der Waals surface area (Å²) in [6.07, 6.45) is 6.78. The molecule has 0 aliphatic carbocycles. The van der Waals surface area contributed by atoms with Crippen LogP contribution in [0.2, 0.25) is 0 Å². The second-order valence-corrected chi connectivity index (χ2v) is 11.4. The second kappa shape index (κ2) is 9.70. The van der Waals surface area contributed by atoms with Gasteiger partial charge < -0.3 is 0 Å². The minimum Gasteiger partial charge on any atom is -0.0622 e. The lowest BCUT2D eigenvalue weighted by atomic mass is 10.2. The molecule has 0 bridgehead atoms. The summed E-state index contributed by atoms with van der Waals surface area (Å²) >= 11 is 0. The first kappa shape index (κ1) is 20.3. The number of aryl methyl sites for hydroxylation is 1. The normalized spacial score (nSPS) is 11.6. The fraction of sp³-hybridized carbons (Fsp3) is 0.103. The van der Waals surface area contributed by atoms with Crippen LogP contribution < -0.4 is 10.6 Å². The lowest BCUT2D eigenvalue weighted by Gasteiger charge is -2.27. The van der Waals surface area contributed by atoms with Crippen molar-refractivity contribution in [2.24, 2.45) is 0 Å². The predicted octanol–water partition coefficient (Wildman–Crippen LogP) is 6.88. The zero-order valence-electron chi connectivity index (χ0n) is 17.5. The maximum Gasteiger partial charge on any atom is 0.0998 e. The Morgan fingerprint density at radius 3 is 1.77 bits per heavy atom. The lowest BCUT2D eigenvalue weighted by molar-refractivity contribution is 1.33. The van der Waals surface area contributed by atoms with Gasteiger partial charge in [-0.25, -0.2) is 0 Å². The molecular weight excluding hydrogens is 379 g/mol. The van der Waals surface area contributed by atoms with Crippen LogP contribution in [0.3, 0.4) is 0 Å². The molecule has 4 rings (SSSR count). The van der Waals surface area contributed by atoms with E-state index in [1.807, 2.05) is 0 Å². The van der Waals surface area contributed by atoms with Crippen molar-refractivity contribution in [2.75, 3.05) is 6.16 Å². The van der Waals surface area contributed by atoms with Gasteiger partial charge in [-0.3, -0.25) is 0 Å². The van der Waals surface area contributed by atoms with Crippen molar-refractivity contribution in [3.8, 4) is 0 Å². The Bertz CT molecular complexity index is 1040. The summed E-state index contributed by atoms with van der Waals surface area (Å²) in [6, 6.07) is 41.9. The van der Waals surface area contributed by atoms with Gasteiger partial charge in [0.15, 0.2) is 0 Å². The van der Waals surface area contributed by atoms with E-state index in [2.05, 4.69) is 134 Å². The molecule has 0 atom stereocenters. The monoisotopic (exact) mass is 407 g/mol. The molecule has 0 aliphatic rings. The van der Waals surface area contributed by atoms with Crippen molar-refractivity contribution in [1.82, 2.24) is 0 Å². The zero-order valence-corrected chi connectivity index (χ0v) is 18.4. The Hall–Kier alpha value is -2.95. The van der Waals surface area contributed by atoms with Gasteiger partial charge in [0.25, 0.3) is 0 Å². The van der Waals surface area contributed by atoms with Gasteiger partial charge in [-0.15, -0.1) is 0 Å². The topological polar surface area (TPSA) is 0 Å². The molecule has 148 valence electrons. The molecule has 1 heteroatoms. The van der Waals surface area contributed by atoms with Crippen molar-refractivity contribution in [2.45, 2.75) is 13.1 Å². The summed E-state index contributed by atoms with van der Waals surface area (Å²) in [5.74, 6) is 0. The molecular formula is C29H28P+. The number of rotatable bonds is 7. The predicted molar refractivity (Wildman–Crippen MR) is 134 cm³/mol. The van der Waals surface area contributed by atoms with Crippen molar-refractivity contribution in [3.63, 3.8) is 0 Å². The summed E-state index contributed by atoms with van der Waals surface area (Å²) in [5.41, 5.74) is 4.00. The van der Waals surface area contributed by atoms with Crippen LogP contribution in [0.1, 0.15) is 16.7 Å². The molecule has 0 nitrogen and oxygen atoms in total. The van der Waals surface area contributed by atoms with E-state index in [9.17, 15) is 0 Å². The van der Waals surface area contributed by atoms with Crippen LogP contribution in [0.15, 0.2) is 121 Å². The van der Waals surface area contributed by atoms with E-state index < -0.39 is 7.26 Å². The van der Waals surface area contributed by atoms with Gasteiger partial charge in [0.05, 0.1) is 30.2 Å². The smallest absolute Gasteiger partial charge is 0.0622 e. The molecule has 0 amide bonds. The highest BCUT2D eigenvalue weighted by Gasteiger charge is 2.41. The van der Waals surface area contributed by atoms with E-state index in [1.54, 1.807) is 0 Å². The quantitative estimate of drug-likeness (QED) is 0.293. The maximum atomic E-state index is 2.39. The van der Waals surface area contributed by atoms with Crippen LogP contribution in [0, 0.1) is 6.92 Å². The molecule has 0 spiro atoms. The van der Waals surface area contributed by atoms with Crippen molar-refractivity contribution < 1.29 is 0 Å².